The van der Waals surface area contributed by atoms with E-state index >= 15 is 0 Å². The van der Waals surface area contributed by atoms with Gasteiger partial charge < -0.3 is 14.2 Å². The molecule has 0 radical (unpaired) electrons. The van der Waals surface area contributed by atoms with Crippen molar-refractivity contribution >= 4 is 29.4 Å². The normalized spacial score (nSPS) is 14.4. The molecule has 0 amide bonds. The minimum absolute atomic E-state index is 0.116. The van der Waals surface area contributed by atoms with E-state index in [-0.39, 0.29) is 23.7 Å². The molecular formula is C39H38N4O6S. The van der Waals surface area contributed by atoms with Crippen molar-refractivity contribution in [1.29, 1.82) is 0 Å². The number of hydrogen-bond donors (Lipinski definition) is 0. The molecule has 1 unspecified atom stereocenters. The summed E-state index contributed by atoms with van der Waals surface area (Å²) in [7, 11) is 1.31. The molecule has 0 spiro atoms. The summed E-state index contributed by atoms with van der Waals surface area (Å²) in [5.74, 6) is -0.150. The number of carbonyl (C=O) groups excluding carboxylic acids is 2. The van der Waals surface area contributed by atoms with Crippen molar-refractivity contribution in [2.75, 3.05) is 20.3 Å². The molecule has 10 nitrogen and oxygen atoms in total. The van der Waals surface area contributed by atoms with Gasteiger partial charge in [0.2, 0.25) is 0 Å². The summed E-state index contributed by atoms with van der Waals surface area (Å²) in [6.07, 6.45) is 4.62. The highest BCUT2D eigenvalue weighted by Gasteiger charge is 2.34. The molecule has 0 saturated heterocycles. The number of thiazole rings is 1. The fraction of sp³-hybridized carbons (Fsp3) is 0.256. The van der Waals surface area contributed by atoms with Crippen LogP contribution in [0.1, 0.15) is 61.6 Å². The van der Waals surface area contributed by atoms with Crippen molar-refractivity contribution in [2.24, 2.45) is 10.9 Å². The van der Waals surface area contributed by atoms with Crippen LogP contribution in [0.25, 0.3) is 23.0 Å². The van der Waals surface area contributed by atoms with Gasteiger partial charge >= 0.3 is 11.9 Å². The minimum atomic E-state index is -0.832. The van der Waals surface area contributed by atoms with Gasteiger partial charge in [0, 0.05) is 17.3 Å². The maximum Gasteiger partial charge on any atom is 0.338 e. The number of benzene rings is 3. The average Bonchev–Trinajstić information content (AvgIpc) is 3.69. The Hall–Kier alpha value is -5.55. The number of ether oxygens (including phenoxy) is 3. The first kappa shape index (κ1) is 34.3. The Bertz CT molecular complexity index is 2230. The van der Waals surface area contributed by atoms with Crippen LogP contribution in [0.15, 0.2) is 106 Å². The molecule has 3 aromatic carbocycles. The topological polar surface area (TPSA) is 114 Å². The van der Waals surface area contributed by atoms with Gasteiger partial charge in [-0.1, -0.05) is 62.4 Å². The summed E-state index contributed by atoms with van der Waals surface area (Å²) in [6, 6.07) is 23.3. The van der Waals surface area contributed by atoms with Gasteiger partial charge in [-0.2, -0.15) is 5.10 Å². The van der Waals surface area contributed by atoms with Gasteiger partial charge in [0.15, 0.2) is 4.80 Å². The summed E-state index contributed by atoms with van der Waals surface area (Å²) < 4.78 is 20.1. The summed E-state index contributed by atoms with van der Waals surface area (Å²) >= 11 is 1.23. The molecule has 11 heteroatoms. The van der Waals surface area contributed by atoms with Crippen LogP contribution < -0.4 is 19.6 Å². The first-order valence-corrected chi connectivity index (χ1v) is 17.3. The summed E-state index contributed by atoms with van der Waals surface area (Å²) in [6.45, 7) is 8.55. The van der Waals surface area contributed by atoms with Crippen molar-refractivity contribution < 1.29 is 23.8 Å². The highest BCUT2D eigenvalue weighted by atomic mass is 32.1. The molecular weight excluding hydrogens is 653 g/mol. The molecule has 256 valence electrons. The number of carbonyl (C=O) groups is 2. The second-order valence-electron chi connectivity index (χ2n) is 12.3. The maximum absolute atomic E-state index is 14.4. The zero-order valence-corrected chi connectivity index (χ0v) is 29.4. The fourth-order valence-electron chi connectivity index (χ4n) is 5.64. The highest BCUT2D eigenvalue weighted by Crippen LogP contribution is 2.32. The highest BCUT2D eigenvalue weighted by molar-refractivity contribution is 7.07. The molecule has 5 aromatic rings. The number of allylic oxidation sites excluding steroid dienone is 1. The number of nitrogens with zero attached hydrogens (tertiary/aromatic N) is 4. The zero-order valence-electron chi connectivity index (χ0n) is 28.6. The van der Waals surface area contributed by atoms with E-state index < -0.39 is 18.0 Å². The van der Waals surface area contributed by atoms with Crippen LogP contribution in [-0.4, -0.2) is 46.6 Å². The second kappa shape index (κ2) is 14.9. The molecule has 50 heavy (non-hydrogen) atoms. The molecule has 6 rings (SSSR count). The van der Waals surface area contributed by atoms with E-state index in [0.717, 1.165) is 29.0 Å². The molecule has 1 atom stereocenters. The molecule has 0 saturated carbocycles. The molecule has 3 heterocycles. The monoisotopic (exact) mass is 690 g/mol. The average molecular weight is 691 g/mol. The van der Waals surface area contributed by atoms with Crippen LogP contribution in [0.2, 0.25) is 0 Å². The summed E-state index contributed by atoms with van der Waals surface area (Å²) in [4.78, 5) is 45.4. The fourth-order valence-corrected chi connectivity index (χ4v) is 6.68. The van der Waals surface area contributed by atoms with Crippen LogP contribution in [-0.2, 0) is 14.3 Å². The summed E-state index contributed by atoms with van der Waals surface area (Å²) in [5, 5.41) is 4.93. The third-order valence-corrected chi connectivity index (χ3v) is 9.07. The molecule has 1 aliphatic heterocycles. The van der Waals surface area contributed by atoms with Crippen molar-refractivity contribution in [1.82, 2.24) is 14.3 Å². The Labute approximate surface area is 293 Å². The Morgan fingerprint density at radius 3 is 2.36 bits per heavy atom. The van der Waals surface area contributed by atoms with Gasteiger partial charge in [0.05, 0.1) is 53.4 Å². The lowest BCUT2D eigenvalue weighted by molar-refractivity contribution is -0.140. The standard InChI is InChI=1S/C39H38N4O6S/c1-6-20-48-31-18-16-26(17-19-31)34-29(22-42(41-34)30-10-8-7-9-11-30)21-32-36(44)43-35(27-12-14-28(15-13-27)37(45)47-5)33(25(4)40-39(43)50-32)38(46)49-23-24(2)3/h7-19,21-22,24,35H,6,20,23H2,1-5H3/b32-21-. The number of methoxy groups -OCH3 is 1. The van der Waals surface area contributed by atoms with E-state index in [2.05, 4.69) is 6.92 Å². The van der Waals surface area contributed by atoms with Crippen LogP contribution in [0.4, 0.5) is 0 Å². The first-order chi connectivity index (χ1) is 24.2. The number of esters is 2. The minimum Gasteiger partial charge on any atom is -0.494 e. The lowest BCUT2D eigenvalue weighted by Crippen LogP contribution is -2.40. The number of para-hydroxylation sites is 1. The van der Waals surface area contributed by atoms with Crippen LogP contribution in [0.5, 0.6) is 5.75 Å². The van der Waals surface area contributed by atoms with Gasteiger partial charge in [0.25, 0.3) is 5.56 Å². The third-order valence-electron chi connectivity index (χ3n) is 8.09. The predicted octanol–water partition coefficient (Wildman–Crippen LogP) is 5.86. The summed E-state index contributed by atoms with van der Waals surface area (Å²) in [5.41, 5.74) is 4.51. The number of aromatic nitrogens is 3. The van der Waals surface area contributed by atoms with Crippen molar-refractivity contribution in [3.63, 3.8) is 0 Å². The van der Waals surface area contributed by atoms with Crippen LogP contribution >= 0.6 is 11.3 Å². The van der Waals surface area contributed by atoms with E-state index in [1.54, 1.807) is 35.9 Å². The van der Waals surface area contributed by atoms with Gasteiger partial charge in [-0.3, -0.25) is 9.36 Å². The Balaban J connectivity index is 1.50. The Morgan fingerprint density at radius 2 is 1.70 bits per heavy atom. The van der Waals surface area contributed by atoms with Crippen LogP contribution in [0, 0.1) is 5.92 Å². The van der Waals surface area contributed by atoms with E-state index in [1.165, 1.54) is 23.0 Å². The van der Waals surface area contributed by atoms with E-state index in [0.29, 0.717) is 38.5 Å². The molecule has 0 bridgehead atoms. The van der Waals surface area contributed by atoms with E-state index in [1.807, 2.05) is 80.7 Å². The molecule has 1 aliphatic rings. The third kappa shape index (κ3) is 7.09. The molecule has 0 aliphatic carbocycles. The van der Waals surface area contributed by atoms with Crippen molar-refractivity contribution in [2.45, 2.75) is 40.2 Å². The molecule has 0 N–H and O–H groups in total. The number of rotatable bonds is 11. The van der Waals surface area contributed by atoms with E-state index in [9.17, 15) is 14.4 Å². The lowest BCUT2D eigenvalue weighted by atomic mass is 9.95. The smallest absolute Gasteiger partial charge is 0.338 e. The predicted molar refractivity (Wildman–Crippen MR) is 192 cm³/mol. The Morgan fingerprint density at radius 1 is 0.980 bits per heavy atom. The Kier molecular flexibility index (Phi) is 10.2. The first-order valence-electron chi connectivity index (χ1n) is 16.4. The quantitative estimate of drug-likeness (QED) is 0.160. The molecule has 0 fully saturated rings. The van der Waals surface area contributed by atoms with Gasteiger partial charge in [0.1, 0.15) is 11.4 Å². The van der Waals surface area contributed by atoms with Crippen molar-refractivity contribution in [3.05, 3.63) is 133 Å². The maximum atomic E-state index is 14.4. The lowest BCUT2D eigenvalue weighted by Gasteiger charge is -2.25. The van der Waals surface area contributed by atoms with Gasteiger partial charge in [-0.15, -0.1) is 0 Å². The second-order valence-corrected chi connectivity index (χ2v) is 13.3. The van der Waals surface area contributed by atoms with Crippen LogP contribution in [0.3, 0.4) is 0 Å². The van der Waals surface area contributed by atoms with E-state index in [4.69, 9.17) is 24.3 Å². The SMILES string of the molecule is CCCOc1ccc(-c2nn(-c3ccccc3)cc2/C=c2\sc3n(c2=O)C(c2ccc(C(=O)OC)cc2)C(C(=O)OCC(C)C)=C(C)N=3)cc1. The zero-order chi connectivity index (χ0) is 35.4. The molecule has 2 aromatic heterocycles. The van der Waals surface area contributed by atoms with Gasteiger partial charge in [-0.05, 0) is 79.4 Å². The number of hydrogen-bond acceptors (Lipinski definition) is 9. The largest absolute Gasteiger partial charge is 0.494 e. The van der Waals surface area contributed by atoms with Crippen molar-refractivity contribution in [3.8, 4) is 22.7 Å². The van der Waals surface area contributed by atoms with Gasteiger partial charge in [-0.25, -0.2) is 19.3 Å². The number of fused-ring (bicyclic) bond motifs is 1.